The molecule has 0 saturated heterocycles. The first-order valence-electron chi connectivity index (χ1n) is 8.14. The van der Waals surface area contributed by atoms with Gasteiger partial charge in [-0.1, -0.05) is 36.4 Å². The highest BCUT2D eigenvalue weighted by atomic mass is 32.2. The molecule has 0 saturated carbocycles. The Morgan fingerprint density at radius 1 is 0.889 bits per heavy atom. The first-order valence-corrected chi connectivity index (χ1v) is 9.80. The molecule has 0 unspecified atom stereocenters. The quantitative estimate of drug-likeness (QED) is 0.639. The number of aromatic nitrogens is 1. The van der Waals surface area contributed by atoms with Crippen LogP contribution < -0.4 is 10.0 Å². The Kier molecular flexibility index (Phi) is 5.66. The molecular weight excluding hydrogens is 372 g/mol. The molecule has 0 amide bonds. The van der Waals surface area contributed by atoms with E-state index in [0.717, 1.165) is 17.7 Å². The van der Waals surface area contributed by atoms with Crippen molar-refractivity contribution in [2.75, 3.05) is 15.8 Å². The fraction of sp³-hybridized carbons (Fsp3) is 0.105. The van der Waals surface area contributed by atoms with Gasteiger partial charge < -0.3 is 5.32 Å². The molecule has 2 N–H and O–H groups in total. The van der Waals surface area contributed by atoms with Crippen LogP contribution in [0.1, 0.15) is 5.56 Å². The highest BCUT2D eigenvalue weighted by Gasteiger charge is 2.12. The van der Waals surface area contributed by atoms with E-state index in [1.54, 1.807) is 0 Å². The molecule has 2 aromatic carbocycles. The van der Waals surface area contributed by atoms with E-state index in [4.69, 9.17) is 0 Å². The Balaban J connectivity index is 1.63. The largest absolute Gasteiger partial charge is 0.349 e. The van der Waals surface area contributed by atoms with Crippen LogP contribution in [0.3, 0.4) is 0 Å². The molecule has 0 aliphatic heterocycles. The maximum atomic E-state index is 13.6. The van der Waals surface area contributed by atoms with Gasteiger partial charge in [-0.15, -0.1) is 0 Å². The minimum absolute atomic E-state index is 0.0842. The van der Waals surface area contributed by atoms with Gasteiger partial charge in [-0.25, -0.2) is 22.2 Å². The summed E-state index contributed by atoms with van der Waals surface area (Å²) >= 11 is 0. The number of sulfonamides is 1. The van der Waals surface area contributed by atoms with Gasteiger partial charge in [0.25, 0.3) is 0 Å². The zero-order chi connectivity index (χ0) is 19.3. The fourth-order valence-electron chi connectivity index (χ4n) is 2.40. The Morgan fingerprint density at radius 3 is 2.22 bits per heavy atom. The van der Waals surface area contributed by atoms with E-state index in [1.165, 1.54) is 24.4 Å². The molecule has 0 atom stereocenters. The van der Waals surface area contributed by atoms with Gasteiger partial charge in [0.15, 0.2) is 0 Å². The third kappa shape index (κ3) is 5.24. The number of hydrogen-bond donors (Lipinski definition) is 2. The van der Waals surface area contributed by atoms with Gasteiger partial charge in [-0.05, 0) is 36.2 Å². The van der Waals surface area contributed by atoms with Crippen LogP contribution in [-0.2, 0) is 16.4 Å². The summed E-state index contributed by atoms with van der Waals surface area (Å²) in [5.41, 5.74) is 0.948. The van der Waals surface area contributed by atoms with Crippen LogP contribution in [0, 0.1) is 11.6 Å². The molecule has 0 aliphatic rings. The zero-order valence-electron chi connectivity index (χ0n) is 14.2. The minimum atomic E-state index is -3.57. The van der Waals surface area contributed by atoms with Crippen LogP contribution in [0.15, 0.2) is 66.9 Å². The topological polar surface area (TPSA) is 71.1 Å². The Morgan fingerprint density at radius 2 is 1.59 bits per heavy atom. The molecule has 1 aromatic heterocycles. The van der Waals surface area contributed by atoms with Gasteiger partial charge in [0, 0.05) is 0 Å². The summed E-state index contributed by atoms with van der Waals surface area (Å²) in [5, 5.41) is 2.59. The van der Waals surface area contributed by atoms with Crippen LogP contribution >= 0.6 is 0 Å². The van der Waals surface area contributed by atoms with Crippen molar-refractivity contribution in [3.63, 3.8) is 0 Å². The van der Waals surface area contributed by atoms with Crippen molar-refractivity contribution >= 4 is 27.2 Å². The first-order chi connectivity index (χ1) is 12.9. The molecule has 5 nitrogen and oxygen atoms in total. The van der Waals surface area contributed by atoms with E-state index < -0.39 is 21.7 Å². The summed E-state index contributed by atoms with van der Waals surface area (Å²) in [6, 6.07) is 15.7. The van der Waals surface area contributed by atoms with Crippen LogP contribution in [0.4, 0.5) is 26.0 Å². The van der Waals surface area contributed by atoms with Gasteiger partial charge in [-0.2, -0.15) is 0 Å². The highest BCUT2D eigenvalue weighted by molar-refractivity contribution is 7.92. The molecule has 0 radical (unpaired) electrons. The van der Waals surface area contributed by atoms with E-state index in [9.17, 15) is 17.2 Å². The fourth-order valence-corrected chi connectivity index (χ4v) is 3.44. The maximum Gasteiger partial charge on any atom is 0.234 e. The first kappa shape index (κ1) is 18.8. The van der Waals surface area contributed by atoms with Gasteiger partial charge in [0.2, 0.25) is 10.0 Å². The van der Waals surface area contributed by atoms with Crippen LogP contribution in [-0.4, -0.2) is 19.2 Å². The molecule has 3 rings (SSSR count). The third-order valence-corrected chi connectivity index (χ3v) is 5.02. The summed E-state index contributed by atoms with van der Waals surface area (Å²) in [6.07, 6.45) is 1.67. The van der Waals surface area contributed by atoms with Crippen molar-refractivity contribution in [3.05, 3.63) is 84.1 Å². The summed E-state index contributed by atoms with van der Waals surface area (Å²) in [6.45, 7) is 0. The Bertz CT molecular complexity index is 991. The van der Waals surface area contributed by atoms with Crippen molar-refractivity contribution in [3.8, 4) is 0 Å². The molecule has 140 valence electrons. The van der Waals surface area contributed by atoms with Crippen molar-refractivity contribution in [2.45, 2.75) is 6.42 Å². The van der Waals surface area contributed by atoms with Gasteiger partial charge in [0.05, 0.1) is 17.6 Å². The SMILES string of the molecule is O=S(=O)(CCc1ccccc1)Nc1ccc(Nc2c(F)cccc2F)cn1. The number of nitrogens with one attached hydrogen (secondary N) is 2. The van der Waals surface area contributed by atoms with Crippen LogP contribution in [0.2, 0.25) is 0 Å². The summed E-state index contributed by atoms with van der Waals surface area (Å²) < 4.78 is 54.0. The second-order valence-corrected chi connectivity index (χ2v) is 7.65. The average molecular weight is 389 g/mol. The van der Waals surface area contributed by atoms with Gasteiger partial charge in [-0.3, -0.25) is 4.72 Å². The third-order valence-electron chi connectivity index (χ3n) is 3.76. The molecule has 3 aromatic rings. The summed E-state index contributed by atoms with van der Waals surface area (Å²) in [5.74, 6) is -1.43. The zero-order valence-corrected chi connectivity index (χ0v) is 15.0. The molecule has 0 spiro atoms. The predicted molar refractivity (Wildman–Crippen MR) is 101 cm³/mol. The van der Waals surface area contributed by atoms with Crippen LogP contribution in [0.5, 0.6) is 0 Å². The Hall–Kier alpha value is -3.00. The minimum Gasteiger partial charge on any atom is -0.349 e. The van der Waals surface area contributed by atoms with E-state index in [-0.39, 0.29) is 17.3 Å². The second-order valence-electron chi connectivity index (χ2n) is 5.81. The number of aryl methyl sites for hydroxylation is 1. The van der Waals surface area contributed by atoms with E-state index >= 15 is 0 Å². The van der Waals surface area contributed by atoms with Crippen molar-refractivity contribution in [1.82, 2.24) is 4.98 Å². The Labute approximate surface area is 156 Å². The monoisotopic (exact) mass is 389 g/mol. The molecular formula is C19H17F2N3O2S. The standard InChI is InChI=1S/C19H17F2N3O2S/c20-16-7-4-8-17(21)19(16)23-15-9-10-18(22-13-15)24-27(25,26)12-11-14-5-2-1-3-6-14/h1-10,13,23H,11-12H2,(H,22,24). The number of para-hydroxylation sites is 1. The lowest BCUT2D eigenvalue weighted by Gasteiger charge is -2.10. The number of rotatable bonds is 7. The van der Waals surface area contributed by atoms with E-state index in [0.29, 0.717) is 12.1 Å². The van der Waals surface area contributed by atoms with E-state index in [2.05, 4.69) is 15.0 Å². The lowest BCUT2D eigenvalue weighted by molar-refractivity contribution is 0.590. The van der Waals surface area contributed by atoms with Crippen molar-refractivity contribution in [2.24, 2.45) is 0 Å². The van der Waals surface area contributed by atoms with Crippen molar-refractivity contribution < 1.29 is 17.2 Å². The van der Waals surface area contributed by atoms with Gasteiger partial charge >= 0.3 is 0 Å². The van der Waals surface area contributed by atoms with E-state index in [1.807, 2.05) is 30.3 Å². The number of pyridine rings is 1. The van der Waals surface area contributed by atoms with Gasteiger partial charge in [0.1, 0.15) is 23.1 Å². The number of benzene rings is 2. The van der Waals surface area contributed by atoms with Crippen molar-refractivity contribution in [1.29, 1.82) is 0 Å². The number of halogens is 2. The number of nitrogens with zero attached hydrogens (tertiary/aromatic N) is 1. The lowest BCUT2D eigenvalue weighted by Crippen LogP contribution is -2.18. The molecule has 0 fully saturated rings. The number of hydrogen-bond acceptors (Lipinski definition) is 4. The lowest BCUT2D eigenvalue weighted by atomic mass is 10.2. The van der Waals surface area contributed by atoms with Crippen LogP contribution in [0.25, 0.3) is 0 Å². The molecule has 0 bridgehead atoms. The molecule has 27 heavy (non-hydrogen) atoms. The predicted octanol–water partition coefficient (Wildman–Crippen LogP) is 4.09. The molecule has 8 heteroatoms. The highest BCUT2D eigenvalue weighted by Crippen LogP contribution is 2.23. The molecule has 0 aliphatic carbocycles. The second kappa shape index (κ2) is 8.13. The normalized spacial score (nSPS) is 11.2. The molecule has 1 heterocycles. The summed E-state index contributed by atoms with van der Waals surface area (Å²) in [7, 11) is -3.57. The average Bonchev–Trinajstić information content (AvgIpc) is 2.65. The smallest absolute Gasteiger partial charge is 0.234 e. The number of anilines is 3. The maximum absolute atomic E-state index is 13.6. The summed E-state index contributed by atoms with van der Waals surface area (Å²) in [4.78, 5) is 3.98.